The normalized spacial score (nSPS) is 20.5. The van der Waals surface area contributed by atoms with E-state index in [0.717, 1.165) is 54.8 Å². The van der Waals surface area contributed by atoms with Crippen LogP contribution in [0.4, 0.5) is 5.13 Å². The summed E-state index contributed by atoms with van der Waals surface area (Å²) < 4.78 is 5.69. The molecule has 2 aliphatic rings. The Balaban J connectivity index is 1.34. The Kier molecular flexibility index (Phi) is 6.48. The monoisotopic (exact) mass is 483 g/mol. The number of anilines is 1. The van der Waals surface area contributed by atoms with E-state index >= 15 is 0 Å². The maximum Gasteiger partial charge on any atom is 0.260 e. The average molecular weight is 484 g/mol. The fourth-order valence-electron chi connectivity index (χ4n) is 4.47. The van der Waals surface area contributed by atoms with Gasteiger partial charge in [-0.1, -0.05) is 23.7 Å². The molecule has 1 amide bonds. The lowest BCUT2D eigenvalue weighted by molar-refractivity contribution is -0.138. The van der Waals surface area contributed by atoms with Gasteiger partial charge in [-0.25, -0.2) is 9.99 Å². The number of hydrazone groups is 1. The first-order valence-corrected chi connectivity index (χ1v) is 12.4. The zero-order valence-electron chi connectivity index (χ0n) is 18.4. The quantitative estimate of drug-likeness (QED) is 0.527. The molecular formula is C24H26ClN5O2S. The Bertz CT molecular complexity index is 1100. The van der Waals surface area contributed by atoms with Gasteiger partial charge in [0.2, 0.25) is 0 Å². The number of rotatable bonds is 5. The van der Waals surface area contributed by atoms with E-state index in [0.29, 0.717) is 11.4 Å². The summed E-state index contributed by atoms with van der Waals surface area (Å²) in [5.41, 5.74) is 1.83. The Morgan fingerprint density at radius 1 is 1.18 bits per heavy atom. The summed E-state index contributed by atoms with van der Waals surface area (Å²) in [6.07, 6.45) is 5.07. The summed E-state index contributed by atoms with van der Waals surface area (Å²) in [7, 11) is 0. The van der Waals surface area contributed by atoms with Crippen molar-refractivity contribution in [3.63, 3.8) is 0 Å². The summed E-state index contributed by atoms with van der Waals surface area (Å²) in [6.45, 7) is 5.45. The van der Waals surface area contributed by atoms with Crippen molar-refractivity contribution in [1.82, 2.24) is 14.9 Å². The van der Waals surface area contributed by atoms with Crippen molar-refractivity contribution in [2.45, 2.75) is 31.8 Å². The van der Waals surface area contributed by atoms with Crippen LogP contribution in [0, 0.1) is 0 Å². The van der Waals surface area contributed by atoms with Crippen LogP contribution >= 0.6 is 22.9 Å². The third kappa shape index (κ3) is 4.69. The summed E-state index contributed by atoms with van der Waals surface area (Å²) in [6, 6.07) is 10.8. The molecule has 2 aromatic heterocycles. The average Bonchev–Trinajstić information content (AvgIpc) is 3.58. The molecule has 3 aromatic rings. The summed E-state index contributed by atoms with van der Waals surface area (Å²) in [5, 5.41) is 10.1. The topological polar surface area (TPSA) is 65.2 Å². The van der Waals surface area contributed by atoms with Gasteiger partial charge >= 0.3 is 0 Å². The number of furan rings is 1. The molecule has 0 bridgehead atoms. The van der Waals surface area contributed by atoms with Gasteiger partial charge in [0.1, 0.15) is 11.8 Å². The summed E-state index contributed by atoms with van der Waals surface area (Å²) in [5.74, 6) is 0.733. The molecule has 2 unspecified atom stereocenters. The predicted molar refractivity (Wildman–Crippen MR) is 131 cm³/mol. The molecule has 0 saturated carbocycles. The summed E-state index contributed by atoms with van der Waals surface area (Å²) in [4.78, 5) is 22.7. The van der Waals surface area contributed by atoms with Crippen molar-refractivity contribution in [2.24, 2.45) is 5.10 Å². The maximum absolute atomic E-state index is 13.7. The van der Waals surface area contributed by atoms with Crippen molar-refractivity contribution in [1.29, 1.82) is 0 Å². The van der Waals surface area contributed by atoms with Gasteiger partial charge in [0.15, 0.2) is 5.13 Å². The zero-order valence-corrected chi connectivity index (χ0v) is 20.0. The molecule has 9 heteroatoms. The Labute approximate surface area is 202 Å². The van der Waals surface area contributed by atoms with Crippen molar-refractivity contribution in [2.75, 3.05) is 31.1 Å². The molecule has 172 valence electrons. The number of benzene rings is 1. The second kappa shape index (κ2) is 9.67. The van der Waals surface area contributed by atoms with Crippen molar-refractivity contribution in [3.05, 3.63) is 70.6 Å². The molecule has 1 aromatic carbocycles. The fourth-order valence-corrected chi connectivity index (χ4v) is 5.29. The third-order valence-electron chi connectivity index (χ3n) is 6.31. The molecule has 1 saturated heterocycles. The van der Waals surface area contributed by atoms with Gasteiger partial charge in [0, 0.05) is 49.2 Å². The first-order valence-electron chi connectivity index (χ1n) is 11.2. The van der Waals surface area contributed by atoms with Crippen LogP contribution in [0.5, 0.6) is 0 Å². The van der Waals surface area contributed by atoms with Crippen LogP contribution in [0.15, 0.2) is 63.8 Å². The zero-order chi connectivity index (χ0) is 22.8. The Morgan fingerprint density at radius 3 is 2.76 bits per heavy atom. The number of carbonyl (C=O) groups excluding carboxylic acids is 1. The van der Waals surface area contributed by atoms with E-state index in [2.05, 4.69) is 14.8 Å². The fraction of sp³-hybridized carbons (Fsp3) is 0.375. The van der Waals surface area contributed by atoms with E-state index in [4.69, 9.17) is 21.1 Å². The SMILES string of the molecule is CC(C(=O)N1N=C(c2ccc(Cl)cc2)CC1c1ccco1)N1CCCN(c2nccs2)CC1. The van der Waals surface area contributed by atoms with Gasteiger partial charge < -0.3 is 9.32 Å². The van der Waals surface area contributed by atoms with Crippen LogP contribution in [0.1, 0.15) is 37.1 Å². The standard InChI is InChI=1S/C24H26ClN5O2S/c1-17(28-10-3-11-29(13-12-28)24-26-9-15-33-24)23(31)30-21(22-4-2-14-32-22)16-20(27-30)18-5-7-19(25)8-6-18/h2,4-9,14-15,17,21H,3,10-13,16H2,1H3. The van der Waals surface area contributed by atoms with E-state index in [9.17, 15) is 4.79 Å². The van der Waals surface area contributed by atoms with Gasteiger partial charge in [-0.05, 0) is 43.2 Å². The van der Waals surface area contributed by atoms with E-state index in [-0.39, 0.29) is 18.0 Å². The molecule has 1 fully saturated rings. The van der Waals surface area contributed by atoms with Gasteiger partial charge in [0.25, 0.3) is 5.91 Å². The largest absolute Gasteiger partial charge is 0.467 e. The maximum atomic E-state index is 13.7. The number of carbonyl (C=O) groups is 1. The first-order chi connectivity index (χ1) is 16.1. The van der Waals surface area contributed by atoms with Crippen LogP contribution < -0.4 is 4.90 Å². The van der Waals surface area contributed by atoms with Crippen molar-refractivity contribution >= 4 is 39.7 Å². The van der Waals surface area contributed by atoms with E-state index in [1.54, 1.807) is 22.6 Å². The molecule has 0 radical (unpaired) electrons. The number of amides is 1. The Morgan fingerprint density at radius 2 is 2.03 bits per heavy atom. The van der Waals surface area contributed by atoms with Gasteiger partial charge in [-0.3, -0.25) is 9.69 Å². The highest BCUT2D eigenvalue weighted by Crippen LogP contribution is 2.34. The number of thiazole rings is 1. The minimum atomic E-state index is -0.285. The summed E-state index contributed by atoms with van der Waals surface area (Å²) >= 11 is 7.72. The lowest BCUT2D eigenvalue weighted by Crippen LogP contribution is -2.46. The van der Waals surface area contributed by atoms with Crippen LogP contribution in [-0.4, -0.2) is 58.7 Å². The number of hydrogen-bond donors (Lipinski definition) is 0. The highest BCUT2D eigenvalue weighted by Gasteiger charge is 2.38. The minimum absolute atomic E-state index is 0.0111. The number of nitrogens with zero attached hydrogens (tertiary/aromatic N) is 5. The number of hydrogen-bond acceptors (Lipinski definition) is 7. The molecule has 7 nitrogen and oxygen atoms in total. The van der Waals surface area contributed by atoms with E-state index < -0.39 is 0 Å². The molecule has 0 N–H and O–H groups in total. The van der Waals surface area contributed by atoms with Crippen LogP contribution in [0.3, 0.4) is 0 Å². The van der Waals surface area contributed by atoms with Crippen LogP contribution in [-0.2, 0) is 4.79 Å². The number of halogens is 1. The second-order valence-electron chi connectivity index (χ2n) is 8.34. The van der Waals surface area contributed by atoms with Crippen LogP contribution in [0.2, 0.25) is 5.02 Å². The highest BCUT2D eigenvalue weighted by atomic mass is 35.5. The smallest absolute Gasteiger partial charge is 0.260 e. The first kappa shape index (κ1) is 22.1. The minimum Gasteiger partial charge on any atom is -0.467 e. The lowest BCUT2D eigenvalue weighted by Gasteiger charge is -2.30. The molecule has 33 heavy (non-hydrogen) atoms. The number of aromatic nitrogens is 1. The third-order valence-corrected chi connectivity index (χ3v) is 7.39. The van der Waals surface area contributed by atoms with E-state index in [1.807, 2.05) is 54.9 Å². The molecule has 0 aliphatic carbocycles. The molecular weight excluding hydrogens is 458 g/mol. The van der Waals surface area contributed by atoms with Crippen molar-refractivity contribution in [3.8, 4) is 0 Å². The van der Waals surface area contributed by atoms with Crippen molar-refractivity contribution < 1.29 is 9.21 Å². The van der Waals surface area contributed by atoms with Gasteiger partial charge in [-0.15, -0.1) is 11.3 Å². The lowest BCUT2D eigenvalue weighted by atomic mass is 10.0. The second-order valence-corrected chi connectivity index (χ2v) is 9.65. The van der Waals surface area contributed by atoms with Crippen LogP contribution in [0.25, 0.3) is 0 Å². The predicted octanol–water partition coefficient (Wildman–Crippen LogP) is 4.67. The Hall–Kier alpha value is -2.68. The molecule has 4 heterocycles. The molecule has 0 spiro atoms. The van der Waals surface area contributed by atoms with Gasteiger partial charge in [-0.2, -0.15) is 5.10 Å². The molecule has 2 atom stereocenters. The highest BCUT2D eigenvalue weighted by molar-refractivity contribution is 7.13. The van der Waals surface area contributed by atoms with Gasteiger partial charge in [0.05, 0.1) is 18.0 Å². The molecule has 2 aliphatic heterocycles. The molecule has 5 rings (SSSR count). The van der Waals surface area contributed by atoms with E-state index in [1.165, 1.54) is 0 Å².